The zero-order chi connectivity index (χ0) is 20.0. The predicted octanol–water partition coefficient (Wildman–Crippen LogP) is 2.72. The molecule has 142 valence electrons. The number of hydrogen-bond acceptors (Lipinski definition) is 7. The first-order valence-corrected chi connectivity index (χ1v) is 7.79. The normalized spacial score (nSPS) is 10.0. The molecule has 2 aromatic carbocycles. The van der Waals surface area contributed by atoms with Gasteiger partial charge >= 0.3 is 11.7 Å². The van der Waals surface area contributed by atoms with Gasteiger partial charge in [0.1, 0.15) is 5.75 Å². The van der Waals surface area contributed by atoms with Crippen LogP contribution in [0, 0.1) is 17.0 Å². The molecule has 9 nitrogen and oxygen atoms in total. The highest BCUT2D eigenvalue weighted by Crippen LogP contribution is 2.28. The monoisotopic (exact) mass is 374 g/mol. The molecule has 0 fully saturated rings. The molecule has 9 heteroatoms. The summed E-state index contributed by atoms with van der Waals surface area (Å²) in [7, 11) is 2.58. The summed E-state index contributed by atoms with van der Waals surface area (Å²) < 4.78 is 14.7. The van der Waals surface area contributed by atoms with Crippen LogP contribution in [0.1, 0.15) is 15.9 Å². The average molecular weight is 374 g/mol. The van der Waals surface area contributed by atoms with Gasteiger partial charge in [0.25, 0.3) is 5.91 Å². The Morgan fingerprint density at radius 1 is 1.15 bits per heavy atom. The molecule has 0 saturated heterocycles. The molecule has 0 unspecified atom stereocenters. The molecule has 0 aliphatic rings. The topological polar surface area (TPSA) is 117 Å². The molecule has 0 bridgehead atoms. The van der Waals surface area contributed by atoms with E-state index in [1.807, 2.05) is 0 Å². The Kier molecular flexibility index (Phi) is 6.32. The molecular formula is C18H18N2O7. The van der Waals surface area contributed by atoms with E-state index in [4.69, 9.17) is 9.47 Å². The van der Waals surface area contributed by atoms with Crippen molar-refractivity contribution in [1.29, 1.82) is 0 Å². The number of hydrogen-bond donors (Lipinski definition) is 1. The fourth-order valence-electron chi connectivity index (χ4n) is 2.24. The Morgan fingerprint density at radius 3 is 2.48 bits per heavy atom. The molecule has 0 aromatic heterocycles. The van der Waals surface area contributed by atoms with Crippen molar-refractivity contribution in [3.8, 4) is 11.5 Å². The van der Waals surface area contributed by atoms with Crippen LogP contribution in [0.3, 0.4) is 0 Å². The zero-order valence-corrected chi connectivity index (χ0v) is 15.0. The Balaban J connectivity index is 2.15. The van der Waals surface area contributed by atoms with Crippen molar-refractivity contribution >= 4 is 23.3 Å². The SMILES string of the molecule is COC(=O)COc1ccc(NC(=O)c2ccc(OC)c([N+](=O)[O-])c2)c(C)c1. The van der Waals surface area contributed by atoms with Crippen molar-refractivity contribution in [2.45, 2.75) is 6.92 Å². The average Bonchev–Trinajstić information content (AvgIpc) is 2.67. The maximum absolute atomic E-state index is 12.4. The second-order valence-electron chi connectivity index (χ2n) is 5.44. The minimum Gasteiger partial charge on any atom is -0.490 e. The summed E-state index contributed by atoms with van der Waals surface area (Å²) in [6.07, 6.45) is 0. The lowest BCUT2D eigenvalue weighted by Crippen LogP contribution is -2.14. The van der Waals surface area contributed by atoms with Crippen molar-refractivity contribution in [3.63, 3.8) is 0 Å². The Bertz CT molecular complexity index is 880. The van der Waals surface area contributed by atoms with Crippen LogP contribution in [0.2, 0.25) is 0 Å². The van der Waals surface area contributed by atoms with E-state index in [2.05, 4.69) is 10.1 Å². The van der Waals surface area contributed by atoms with Gasteiger partial charge in [-0.25, -0.2) is 4.79 Å². The van der Waals surface area contributed by atoms with Crippen LogP contribution < -0.4 is 14.8 Å². The molecule has 2 aromatic rings. The second-order valence-corrected chi connectivity index (χ2v) is 5.44. The minimum atomic E-state index is -0.617. The van der Waals surface area contributed by atoms with Gasteiger partial charge in [0, 0.05) is 17.3 Å². The van der Waals surface area contributed by atoms with Gasteiger partial charge < -0.3 is 19.5 Å². The second kappa shape index (κ2) is 8.65. The molecule has 1 N–H and O–H groups in total. The highest BCUT2D eigenvalue weighted by Gasteiger charge is 2.18. The first kappa shape index (κ1) is 19.7. The summed E-state index contributed by atoms with van der Waals surface area (Å²) in [6.45, 7) is 1.52. The largest absolute Gasteiger partial charge is 0.490 e. The molecule has 0 radical (unpaired) electrons. The van der Waals surface area contributed by atoms with Gasteiger partial charge in [-0.2, -0.15) is 0 Å². The lowest BCUT2D eigenvalue weighted by molar-refractivity contribution is -0.385. The number of nitrogens with one attached hydrogen (secondary N) is 1. The lowest BCUT2D eigenvalue weighted by atomic mass is 10.1. The van der Waals surface area contributed by atoms with Crippen LogP contribution >= 0.6 is 0 Å². The number of carbonyl (C=O) groups excluding carboxylic acids is 2. The van der Waals surface area contributed by atoms with E-state index in [0.717, 1.165) is 6.07 Å². The smallest absolute Gasteiger partial charge is 0.343 e. The number of rotatable bonds is 7. The number of anilines is 1. The third-order valence-electron chi connectivity index (χ3n) is 3.67. The number of methoxy groups -OCH3 is 2. The maximum Gasteiger partial charge on any atom is 0.343 e. The van der Waals surface area contributed by atoms with E-state index >= 15 is 0 Å². The minimum absolute atomic E-state index is 0.0693. The quantitative estimate of drug-likeness (QED) is 0.450. The van der Waals surface area contributed by atoms with Gasteiger partial charge in [0.15, 0.2) is 12.4 Å². The Hall–Kier alpha value is -3.62. The van der Waals surface area contributed by atoms with Crippen molar-refractivity contribution in [3.05, 3.63) is 57.6 Å². The molecule has 27 heavy (non-hydrogen) atoms. The number of ether oxygens (including phenoxy) is 3. The molecule has 2 rings (SSSR count). The molecular weight excluding hydrogens is 356 g/mol. The van der Waals surface area contributed by atoms with Gasteiger partial charge in [0.05, 0.1) is 19.1 Å². The van der Waals surface area contributed by atoms with E-state index in [1.54, 1.807) is 25.1 Å². The number of aryl methyl sites for hydroxylation is 1. The van der Waals surface area contributed by atoms with Crippen LogP contribution in [0.15, 0.2) is 36.4 Å². The predicted molar refractivity (Wildman–Crippen MR) is 96.3 cm³/mol. The first-order valence-electron chi connectivity index (χ1n) is 7.79. The van der Waals surface area contributed by atoms with E-state index in [0.29, 0.717) is 17.0 Å². The number of nitrogens with zero attached hydrogens (tertiary/aromatic N) is 1. The summed E-state index contributed by atoms with van der Waals surface area (Å²) in [5.41, 5.74) is 1.01. The summed E-state index contributed by atoms with van der Waals surface area (Å²) in [5.74, 6) is -0.506. The van der Waals surface area contributed by atoms with Crippen molar-refractivity contribution in [1.82, 2.24) is 0 Å². The van der Waals surface area contributed by atoms with Crippen LogP contribution in [-0.2, 0) is 9.53 Å². The standard InChI is InChI=1S/C18H18N2O7/c1-11-8-13(27-10-17(21)26-3)5-6-14(11)19-18(22)12-4-7-16(25-2)15(9-12)20(23)24/h4-9H,10H2,1-3H3,(H,19,22). The van der Waals surface area contributed by atoms with Gasteiger partial charge in [-0.3, -0.25) is 14.9 Å². The fraction of sp³-hybridized carbons (Fsp3) is 0.222. The maximum atomic E-state index is 12.4. The number of amides is 1. The highest BCUT2D eigenvalue weighted by molar-refractivity contribution is 6.05. The van der Waals surface area contributed by atoms with Gasteiger partial charge in [0.2, 0.25) is 0 Å². The molecule has 0 aliphatic carbocycles. The van der Waals surface area contributed by atoms with Crippen LogP contribution in [0.4, 0.5) is 11.4 Å². The van der Waals surface area contributed by atoms with Crippen LogP contribution in [-0.4, -0.2) is 37.6 Å². The Morgan fingerprint density at radius 2 is 1.89 bits per heavy atom. The molecule has 0 spiro atoms. The fourth-order valence-corrected chi connectivity index (χ4v) is 2.24. The number of nitro groups is 1. The number of esters is 1. The van der Waals surface area contributed by atoms with Crippen molar-refractivity contribution < 1.29 is 28.7 Å². The lowest BCUT2D eigenvalue weighted by Gasteiger charge is -2.11. The summed E-state index contributed by atoms with van der Waals surface area (Å²) in [6, 6.07) is 8.79. The molecule has 0 heterocycles. The molecule has 1 amide bonds. The Labute approximate surface area is 155 Å². The van der Waals surface area contributed by atoms with Gasteiger partial charge in [-0.15, -0.1) is 0 Å². The summed E-state index contributed by atoms with van der Waals surface area (Å²) in [5, 5.41) is 13.8. The summed E-state index contributed by atoms with van der Waals surface area (Å²) >= 11 is 0. The number of benzene rings is 2. The van der Waals surface area contributed by atoms with Gasteiger partial charge in [-0.05, 0) is 42.8 Å². The van der Waals surface area contributed by atoms with E-state index in [9.17, 15) is 19.7 Å². The first-order chi connectivity index (χ1) is 12.8. The highest BCUT2D eigenvalue weighted by atomic mass is 16.6. The number of carbonyl (C=O) groups is 2. The van der Waals surface area contributed by atoms with Crippen molar-refractivity contribution in [2.24, 2.45) is 0 Å². The third kappa shape index (κ3) is 4.94. The van der Waals surface area contributed by atoms with Crippen molar-refractivity contribution in [2.75, 3.05) is 26.1 Å². The van der Waals surface area contributed by atoms with E-state index < -0.39 is 16.8 Å². The number of nitro benzene ring substituents is 1. The molecule has 0 aliphatic heterocycles. The van der Waals surface area contributed by atoms with Crippen LogP contribution in [0.25, 0.3) is 0 Å². The third-order valence-corrected chi connectivity index (χ3v) is 3.67. The molecule has 0 atom stereocenters. The zero-order valence-electron chi connectivity index (χ0n) is 15.0. The molecule has 0 saturated carbocycles. The summed E-state index contributed by atoms with van der Waals surface area (Å²) in [4.78, 5) is 34.0. The van der Waals surface area contributed by atoms with E-state index in [1.165, 1.54) is 26.4 Å². The van der Waals surface area contributed by atoms with E-state index in [-0.39, 0.29) is 23.6 Å². The van der Waals surface area contributed by atoms with Crippen LogP contribution in [0.5, 0.6) is 11.5 Å². The van der Waals surface area contributed by atoms with Gasteiger partial charge in [-0.1, -0.05) is 0 Å².